The van der Waals surface area contributed by atoms with E-state index in [1.54, 1.807) is 18.6 Å². The maximum Gasteiger partial charge on any atom is 0.225 e. The number of hydrogen-bond acceptors (Lipinski definition) is 6. The van der Waals surface area contributed by atoms with E-state index in [1.165, 1.54) is 6.20 Å². The summed E-state index contributed by atoms with van der Waals surface area (Å²) < 4.78 is 0. The number of rotatable bonds is 7. The van der Waals surface area contributed by atoms with Crippen LogP contribution in [0.5, 0.6) is 0 Å². The van der Waals surface area contributed by atoms with Crippen LogP contribution in [0.3, 0.4) is 0 Å². The molecular weight excluding hydrogens is 300 g/mol. The second-order valence-corrected chi connectivity index (χ2v) is 5.61. The van der Waals surface area contributed by atoms with Gasteiger partial charge in [-0.15, -0.1) is 0 Å². The van der Waals surface area contributed by atoms with Gasteiger partial charge in [-0.1, -0.05) is 11.6 Å². The standard InChI is InChI=1S/C15H23ClN6/c16-14(12-17)13-18-4-1-2-7-21-8-10-22(11-9-21)15-19-5-3-6-20-15/h3,5-6,12-13H,1-2,4,7-11,17H2. The Morgan fingerprint density at radius 3 is 2.64 bits per heavy atom. The normalized spacial score (nSPS) is 17.3. The molecule has 1 aliphatic rings. The van der Waals surface area contributed by atoms with E-state index in [0.717, 1.165) is 58.1 Å². The average Bonchev–Trinajstić information content (AvgIpc) is 2.59. The van der Waals surface area contributed by atoms with Crippen molar-refractivity contribution in [3.05, 3.63) is 29.7 Å². The van der Waals surface area contributed by atoms with Crippen molar-refractivity contribution in [1.82, 2.24) is 14.9 Å². The highest BCUT2D eigenvalue weighted by molar-refractivity contribution is 6.39. The van der Waals surface area contributed by atoms with Gasteiger partial charge in [-0.3, -0.25) is 9.89 Å². The molecule has 0 aliphatic carbocycles. The summed E-state index contributed by atoms with van der Waals surface area (Å²) in [6, 6.07) is 1.85. The van der Waals surface area contributed by atoms with Crippen LogP contribution in [0.15, 0.2) is 34.7 Å². The van der Waals surface area contributed by atoms with E-state index in [-0.39, 0.29) is 0 Å². The number of anilines is 1. The monoisotopic (exact) mass is 322 g/mol. The average molecular weight is 323 g/mol. The Bertz CT molecular complexity index is 482. The largest absolute Gasteiger partial charge is 0.403 e. The molecule has 0 bridgehead atoms. The van der Waals surface area contributed by atoms with Crippen LogP contribution < -0.4 is 10.6 Å². The summed E-state index contributed by atoms with van der Waals surface area (Å²) in [5.74, 6) is 0.835. The Morgan fingerprint density at radius 2 is 1.95 bits per heavy atom. The van der Waals surface area contributed by atoms with Crippen LogP contribution >= 0.6 is 11.6 Å². The third-order valence-corrected chi connectivity index (χ3v) is 3.82. The van der Waals surface area contributed by atoms with E-state index in [0.29, 0.717) is 5.03 Å². The molecule has 120 valence electrons. The summed E-state index contributed by atoms with van der Waals surface area (Å²) in [6.45, 7) is 5.99. The Morgan fingerprint density at radius 1 is 1.23 bits per heavy atom. The van der Waals surface area contributed by atoms with E-state index < -0.39 is 0 Å². The van der Waals surface area contributed by atoms with Crippen LogP contribution in [0.2, 0.25) is 0 Å². The summed E-state index contributed by atoms with van der Waals surface area (Å²) in [5.41, 5.74) is 5.26. The van der Waals surface area contributed by atoms with Crippen LogP contribution in [0.25, 0.3) is 0 Å². The molecule has 0 amide bonds. The van der Waals surface area contributed by atoms with Crippen molar-refractivity contribution in [1.29, 1.82) is 0 Å². The number of aliphatic imine (C=N–C) groups is 1. The van der Waals surface area contributed by atoms with E-state index in [4.69, 9.17) is 17.3 Å². The van der Waals surface area contributed by atoms with Gasteiger partial charge in [-0.05, 0) is 25.5 Å². The number of allylic oxidation sites excluding steroid dienone is 1. The second kappa shape index (κ2) is 9.38. The first-order valence-corrected chi connectivity index (χ1v) is 7.99. The predicted octanol–water partition coefficient (Wildman–Crippen LogP) is 1.49. The summed E-state index contributed by atoms with van der Waals surface area (Å²) in [6.07, 6.45) is 8.75. The molecule has 2 N–H and O–H groups in total. The van der Waals surface area contributed by atoms with E-state index in [1.807, 2.05) is 6.07 Å². The molecule has 1 fully saturated rings. The van der Waals surface area contributed by atoms with Crippen molar-refractivity contribution in [2.24, 2.45) is 10.7 Å². The maximum absolute atomic E-state index is 5.73. The fourth-order valence-electron chi connectivity index (χ4n) is 2.36. The molecule has 0 radical (unpaired) electrons. The molecule has 22 heavy (non-hydrogen) atoms. The Balaban J connectivity index is 1.59. The van der Waals surface area contributed by atoms with E-state index in [9.17, 15) is 0 Å². The van der Waals surface area contributed by atoms with Gasteiger partial charge in [0.1, 0.15) is 0 Å². The van der Waals surface area contributed by atoms with Crippen LogP contribution in [-0.2, 0) is 0 Å². The number of hydrogen-bond donors (Lipinski definition) is 1. The molecule has 1 saturated heterocycles. The summed E-state index contributed by atoms with van der Waals surface area (Å²) in [7, 11) is 0. The third kappa shape index (κ3) is 5.61. The first-order chi connectivity index (χ1) is 10.8. The molecular formula is C15H23ClN6. The van der Waals surface area contributed by atoms with Gasteiger partial charge < -0.3 is 10.6 Å². The van der Waals surface area contributed by atoms with Gasteiger partial charge >= 0.3 is 0 Å². The van der Waals surface area contributed by atoms with Gasteiger partial charge in [-0.25, -0.2) is 9.97 Å². The zero-order chi connectivity index (χ0) is 15.6. The molecule has 6 nitrogen and oxygen atoms in total. The molecule has 0 unspecified atom stereocenters. The Labute approximate surface area is 136 Å². The van der Waals surface area contributed by atoms with Gasteiger partial charge in [0, 0.05) is 57.5 Å². The molecule has 0 spiro atoms. The zero-order valence-corrected chi connectivity index (χ0v) is 13.5. The van der Waals surface area contributed by atoms with Gasteiger partial charge in [0.15, 0.2) is 0 Å². The van der Waals surface area contributed by atoms with Crippen molar-refractivity contribution in [2.75, 3.05) is 44.2 Å². The van der Waals surface area contributed by atoms with Crippen molar-refractivity contribution in [3.63, 3.8) is 0 Å². The first kappa shape index (κ1) is 16.7. The molecule has 1 aromatic heterocycles. The van der Waals surface area contributed by atoms with Crippen LogP contribution in [-0.4, -0.2) is 60.4 Å². The number of unbranched alkanes of at least 4 members (excludes halogenated alkanes) is 1. The third-order valence-electron chi connectivity index (χ3n) is 3.59. The summed E-state index contributed by atoms with van der Waals surface area (Å²) >= 11 is 5.73. The summed E-state index contributed by atoms with van der Waals surface area (Å²) in [4.78, 5) is 17.5. The highest BCUT2D eigenvalue weighted by atomic mass is 35.5. The first-order valence-electron chi connectivity index (χ1n) is 7.61. The molecule has 0 aromatic carbocycles. The molecule has 1 aliphatic heterocycles. The highest BCUT2D eigenvalue weighted by Crippen LogP contribution is 2.10. The van der Waals surface area contributed by atoms with Gasteiger partial charge in [0.05, 0.1) is 5.03 Å². The van der Waals surface area contributed by atoms with E-state index in [2.05, 4.69) is 24.8 Å². The number of piperazine rings is 1. The quantitative estimate of drug-likeness (QED) is 0.608. The minimum atomic E-state index is 0.485. The molecule has 0 saturated carbocycles. The smallest absolute Gasteiger partial charge is 0.225 e. The lowest BCUT2D eigenvalue weighted by Gasteiger charge is -2.34. The number of nitrogens with zero attached hydrogens (tertiary/aromatic N) is 5. The highest BCUT2D eigenvalue weighted by Gasteiger charge is 2.17. The summed E-state index contributed by atoms with van der Waals surface area (Å²) in [5, 5.41) is 0.485. The molecule has 1 aromatic rings. The van der Waals surface area contributed by atoms with E-state index >= 15 is 0 Å². The zero-order valence-electron chi connectivity index (χ0n) is 12.7. The Hall–Kier alpha value is -1.66. The minimum absolute atomic E-state index is 0.485. The molecule has 7 heteroatoms. The van der Waals surface area contributed by atoms with Crippen molar-refractivity contribution < 1.29 is 0 Å². The number of halogens is 1. The maximum atomic E-state index is 5.73. The molecule has 0 atom stereocenters. The lowest BCUT2D eigenvalue weighted by atomic mass is 10.2. The topological polar surface area (TPSA) is 70.6 Å². The lowest BCUT2D eigenvalue weighted by molar-refractivity contribution is 0.252. The minimum Gasteiger partial charge on any atom is -0.403 e. The van der Waals surface area contributed by atoms with Crippen molar-refractivity contribution >= 4 is 23.8 Å². The van der Waals surface area contributed by atoms with Crippen molar-refractivity contribution in [2.45, 2.75) is 12.8 Å². The fraction of sp³-hybridized carbons (Fsp3) is 0.533. The van der Waals surface area contributed by atoms with Crippen LogP contribution in [0.4, 0.5) is 5.95 Å². The van der Waals surface area contributed by atoms with Crippen LogP contribution in [0.1, 0.15) is 12.8 Å². The second-order valence-electron chi connectivity index (χ2n) is 5.17. The van der Waals surface area contributed by atoms with Gasteiger partial charge in [-0.2, -0.15) is 0 Å². The SMILES string of the molecule is NC=C(Cl)C=NCCCCN1CCN(c2ncccn2)CC1. The number of aromatic nitrogens is 2. The molecule has 2 heterocycles. The van der Waals surface area contributed by atoms with Gasteiger partial charge in [0.2, 0.25) is 5.95 Å². The van der Waals surface area contributed by atoms with Crippen molar-refractivity contribution in [3.8, 4) is 0 Å². The molecule has 2 rings (SSSR count). The lowest BCUT2D eigenvalue weighted by Crippen LogP contribution is -2.47. The Kier molecular flexibility index (Phi) is 7.12. The predicted molar refractivity (Wildman–Crippen MR) is 91.4 cm³/mol. The fourth-order valence-corrected chi connectivity index (χ4v) is 2.43. The van der Waals surface area contributed by atoms with Gasteiger partial charge in [0.25, 0.3) is 0 Å². The number of nitrogens with two attached hydrogens (primary N) is 1. The van der Waals surface area contributed by atoms with Crippen LogP contribution in [0, 0.1) is 0 Å².